The van der Waals surface area contributed by atoms with Crippen molar-refractivity contribution in [3.63, 3.8) is 0 Å². The van der Waals surface area contributed by atoms with Crippen LogP contribution in [0.3, 0.4) is 0 Å². The Labute approximate surface area is 108 Å². The fraction of sp³-hybridized carbons (Fsp3) is 0.615. The van der Waals surface area contributed by atoms with Gasteiger partial charge in [-0.3, -0.25) is 4.98 Å². The third-order valence-corrected chi connectivity index (χ3v) is 4.32. The Morgan fingerprint density at radius 3 is 2.56 bits per heavy atom. The normalized spacial score (nSPS) is 10.6. The van der Waals surface area contributed by atoms with Gasteiger partial charge in [0.25, 0.3) is 0 Å². The summed E-state index contributed by atoms with van der Waals surface area (Å²) in [7, 11) is 0. The summed E-state index contributed by atoms with van der Waals surface area (Å²) in [5.74, 6) is 5.10. The average molecular weight is 255 g/mol. The molecule has 3 heteroatoms. The van der Waals surface area contributed by atoms with E-state index in [9.17, 15) is 0 Å². The van der Waals surface area contributed by atoms with Gasteiger partial charge in [0.15, 0.2) is 0 Å². The lowest BCUT2D eigenvalue weighted by Gasteiger charge is -2.01. The van der Waals surface area contributed by atoms with E-state index in [1.165, 1.54) is 41.5 Å². The topological polar surface area (TPSA) is 12.9 Å². The molecular weight excluding hydrogens is 234 g/mol. The zero-order chi connectivity index (χ0) is 11.5. The average Bonchev–Trinajstić information content (AvgIpc) is 2.34. The first-order chi connectivity index (χ1) is 7.93. The zero-order valence-electron chi connectivity index (χ0n) is 10.0. The van der Waals surface area contributed by atoms with Gasteiger partial charge in [0, 0.05) is 11.9 Å². The minimum absolute atomic E-state index is 1.11. The SMILES string of the molecule is CCSCCCCSCCc1ccccn1. The Morgan fingerprint density at radius 1 is 1.06 bits per heavy atom. The molecule has 0 amide bonds. The summed E-state index contributed by atoms with van der Waals surface area (Å²) in [4.78, 5) is 4.32. The van der Waals surface area contributed by atoms with Gasteiger partial charge in [0.05, 0.1) is 0 Å². The van der Waals surface area contributed by atoms with E-state index in [4.69, 9.17) is 0 Å². The second kappa shape index (κ2) is 10.0. The monoisotopic (exact) mass is 255 g/mol. The third-order valence-electron chi connectivity index (χ3n) is 2.26. The number of pyridine rings is 1. The lowest BCUT2D eigenvalue weighted by atomic mass is 10.3. The van der Waals surface area contributed by atoms with Crippen molar-refractivity contribution in [3.05, 3.63) is 30.1 Å². The van der Waals surface area contributed by atoms with E-state index >= 15 is 0 Å². The molecule has 0 aliphatic heterocycles. The highest BCUT2D eigenvalue weighted by molar-refractivity contribution is 7.99. The van der Waals surface area contributed by atoms with E-state index in [0.29, 0.717) is 0 Å². The van der Waals surface area contributed by atoms with Crippen LogP contribution in [0.1, 0.15) is 25.5 Å². The van der Waals surface area contributed by atoms with Crippen LogP contribution >= 0.6 is 23.5 Å². The molecule has 1 rings (SSSR count). The fourth-order valence-corrected chi connectivity index (χ4v) is 3.04. The van der Waals surface area contributed by atoms with Crippen LogP contribution in [0.2, 0.25) is 0 Å². The molecule has 90 valence electrons. The van der Waals surface area contributed by atoms with Crippen molar-refractivity contribution in [2.75, 3.05) is 23.0 Å². The molecule has 0 atom stereocenters. The highest BCUT2D eigenvalue weighted by Crippen LogP contribution is 2.10. The smallest absolute Gasteiger partial charge is 0.0411 e. The van der Waals surface area contributed by atoms with Crippen LogP contribution in [0.25, 0.3) is 0 Å². The summed E-state index contributed by atoms with van der Waals surface area (Å²) in [5.41, 5.74) is 1.22. The van der Waals surface area contributed by atoms with Crippen molar-refractivity contribution >= 4 is 23.5 Å². The Bertz CT molecular complexity index is 251. The maximum absolute atomic E-state index is 4.32. The molecule has 0 saturated heterocycles. The van der Waals surface area contributed by atoms with Crippen molar-refractivity contribution in [2.24, 2.45) is 0 Å². The number of thioether (sulfide) groups is 2. The first-order valence-electron chi connectivity index (χ1n) is 5.99. The Hall–Kier alpha value is -0.150. The molecule has 1 nitrogen and oxygen atoms in total. The first-order valence-corrected chi connectivity index (χ1v) is 8.30. The number of nitrogens with zero attached hydrogens (tertiary/aromatic N) is 1. The molecule has 0 aromatic carbocycles. The molecule has 0 N–H and O–H groups in total. The largest absolute Gasteiger partial charge is 0.261 e. The highest BCUT2D eigenvalue weighted by Gasteiger charge is 1.94. The molecule has 0 fully saturated rings. The van der Waals surface area contributed by atoms with E-state index in [1.54, 1.807) is 0 Å². The molecule has 1 aromatic heterocycles. The minimum Gasteiger partial charge on any atom is -0.261 e. The van der Waals surface area contributed by atoms with E-state index in [1.807, 2.05) is 24.0 Å². The van der Waals surface area contributed by atoms with Crippen LogP contribution in [0.15, 0.2) is 24.4 Å². The van der Waals surface area contributed by atoms with E-state index in [-0.39, 0.29) is 0 Å². The quantitative estimate of drug-likeness (QED) is 0.621. The van der Waals surface area contributed by atoms with Crippen molar-refractivity contribution in [2.45, 2.75) is 26.2 Å². The van der Waals surface area contributed by atoms with Gasteiger partial charge in [0.1, 0.15) is 0 Å². The predicted octanol–water partition coefficient (Wildman–Crippen LogP) is 3.89. The van der Waals surface area contributed by atoms with E-state index in [0.717, 1.165) is 6.42 Å². The zero-order valence-corrected chi connectivity index (χ0v) is 11.7. The number of hydrogen-bond donors (Lipinski definition) is 0. The first kappa shape index (κ1) is 13.9. The number of hydrogen-bond acceptors (Lipinski definition) is 3. The number of aromatic nitrogens is 1. The van der Waals surface area contributed by atoms with Gasteiger partial charge in [-0.25, -0.2) is 0 Å². The van der Waals surface area contributed by atoms with Crippen molar-refractivity contribution in [1.82, 2.24) is 4.98 Å². The van der Waals surface area contributed by atoms with Gasteiger partial charge >= 0.3 is 0 Å². The maximum atomic E-state index is 4.32. The number of aryl methyl sites for hydroxylation is 1. The Balaban J connectivity index is 1.89. The van der Waals surface area contributed by atoms with Crippen LogP contribution in [-0.2, 0) is 6.42 Å². The molecule has 0 radical (unpaired) electrons. The van der Waals surface area contributed by atoms with Gasteiger partial charge in [-0.2, -0.15) is 23.5 Å². The highest BCUT2D eigenvalue weighted by atomic mass is 32.2. The lowest BCUT2D eigenvalue weighted by molar-refractivity contribution is 0.905. The predicted molar refractivity (Wildman–Crippen MR) is 77.5 cm³/mol. The van der Waals surface area contributed by atoms with E-state index < -0.39 is 0 Å². The molecule has 0 spiro atoms. The molecule has 1 aromatic rings. The summed E-state index contributed by atoms with van der Waals surface area (Å²) >= 11 is 4.11. The van der Waals surface area contributed by atoms with Gasteiger partial charge < -0.3 is 0 Å². The summed E-state index contributed by atoms with van der Waals surface area (Å²) in [6.45, 7) is 2.23. The molecule has 0 saturated carbocycles. The van der Waals surface area contributed by atoms with Crippen LogP contribution in [0, 0.1) is 0 Å². The summed E-state index contributed by atoms with van der Waals surface area (Å²) < 4.78 is 0. The molecule has 0 aliphatic carbocycles. The maximum Gasteiger partial charge on any atom is 0.0411 e. The number of unbranched alkanes of at least 4 members (excludes halogenated alkanes) is 1. The molecule has 0 aliphatic rings. The van der Waals surface area contributed by atoms with Gasteiger partial charge in [0.2, 0.25) is 0 Å². The van der Waals surface area contributed by atoms with Gasteiger partial charge in [-0.15, -0.1) is 0 Å². The molecule has 0 bridgehead atoms. The standard InChI is InChI=1S/C13H21NS2/c1-2-15-10-5-6-11-16-12-8-13-7-3-4-9-14-13/h3-4,7,9H,2,5-6,8,10-12H2,1H3. The van der Waals surface area contributed by atoms with Crippen LogP contribution < -0.4 is 0 Å². The van der Waals surface area contributed by atoms with Crippen LogP contribution in [0.4, 0.5) is 0 Å². The second-order valence-electron chi connectivity index (χ2n) is 3.59. The summed E-state index contributed by atoms with van der Waals surface area (Å²) in [6, 6.07) is 6.15. The second-order valence-corrected chi connectivity index (χ2v) is 6.21. The van der Waals surface area contributed by atoms with Crippen molar-refractivity contribution in [1.29, 1.82) is 0 Å². The molecule has 16 heavy (non-hydrogen) atoms. The van der Waals surface area contributed by atoms with Crippen molar-refractivity contribution < 1.29 is 0 Å². The minimum atomic E-state index is 1.11. The number of rotatable bonds is 9. The lowest BCUT2D eigenvalue weighted by Crippen LogP contribution is -1.93. The third kappa shape index (κ3) is 7.18. The molecular formula is C13H21NS2. The van der Waals surface area contributed by atoms with Crippen LogP contribution in [-0.4, -0.2) is 28.0 Å². The van der Waals surface area contributed by atoms with Gasteiger partial charge in [-0.1, -0.05) is 13.0 Å². The summed E-state index contributed by atoms with van der Waals surface area (Å²) in [5, 5.41) is 0. The van der Waals surface area contributed by atoms with Crippen molar-refractivity contribution in [3.8, 4) is 0 Å². The van der Waals surface area contributed by atoms with Gasteiger partial charge in [-0.05, 0) is 54.4 Å². The Morgan fingerprint density at radius 2 is 1.88 bits per heavy atom. The summed E-state index contributed by atoms with van der Waals surface area (Å²) in [6.07, 6.45) is 5.71. The molecule has 1 heterocycles. The van der Waals surface area contributed by atoms with Crippen LogP contribution in [0.5, 0.6) is 0 Å². The Kier molecular flexibility index (Phi) is 8.72. The van der Waals surface area contributed by atoms with E-state index in [2.05, 4.69) is 35.8 Å². The fourth-order valence-electron chi connectivity index (χ4n) is 1.38. The molecule has 0 unspecified atom stereocenters.